The van der Waals surface area contributed by atoms with Gasteiger partial charge < -0.3 is 4.18 Å². The largest absolute Gasteiger partial charge is 0.364 e. The van der Waals surface area contributed by atoms with Gasteiger partial charge in [-0.3, -0.25) is 0 Å². The van der Waals surface area contributed by atoms with Gasteiger partial charge >= 0.3 is 17.3 Å². The maximum Gasteiger partial charge on any atom is 0.364 e. The molecule has 0 bridgehead atoms. The summed E-state index contributed by atoms with van der Waals surface area (Å²) in [7, 11) is 0. The predicted octanol–water partition coefficient (Wildman–Crippen LogP) is -0.0829. The van der Waals surface area contributed by atoms with E-state index < -0.39 is 22.9 Å². The van der Waals surface area contributed by atoms with Gasteiger partial charge in [0.1, 0.15) is 0 Å². The first-order valence-electron chi connectivity index (χ1n) is 2.36. The highest BCUT2D eigenvalue weighted by Gasteiger charge is 2.42. The van der Waals surface area contributed by atoms with Crippen molar-refractivity contribution >= 4 is 17.3 Å². The molecule has 1 atom stereocenters. The highest BCUT2D eigenvalue weighted by molar-refractivity contribution is 7.76. The molecule has 1 aliphatic rings. The first kappa shape index (κ1) is 6.70. The van der Waals surface area contributed by atoms with Crippen molar-refractivity contribution in [2.45, 2.75) is 19.4 Å². The number of carbonyl (C=O) groups is 1. The van der Waals surface area contributed by atoms with E-state index in [4.69, 9.17) is 0 Å². The summed E-state index contributed by atoms with van der Waals surface area (Å²) >= 11 is -1.87. The topological polar surface area (TPSA) is 52.6 Å². The molecule has 0 aromatic carbocycles. The van der Waals surface area contributed by atoms with E-state index in [1.165, 1.54) is 13.8 Å². The lowest BCUT2D eigenvalue weighted by Gasteiger charge is -2.05. The average molecular weight is 150 g/mol. The predicted molar refractivity (Wildman–Crippen MR) is 29.4 cm³/mol. The minimum Gasteiger partial charge on any atom is -0.340 e. The molecular weight excluding hydrogens is 144 g/mol. The SMILES string of the molecule is CC1(C)OS(=O)OC1=O. The first-order valence-corrected chi connectivity index (χ1v) is 3.36. The van der Waals surface area contributed by atoms with E-state index in [-0.39, 0.29) is 0 Å². The van der Waals surface area contributed by atoms with Crippen LogP contribution in [0, 0.1) is 0 Å². The Bertz CT molecular complexity index is 173. The van der Waals surface area contributed by atoms with Gasteiger partial charge in [0.05, 0.1) is 0 Å². The van der Waals surface area contributed by atoms with Crippen LogP contribution in [-0.2, 0) is 24.5 Å². The van der Waals surface area contributed by atoms with Crippen molar-refractivity contribution in [3.63, 3.8) is 0 Å². The molecule has 0 spiro atoms. The molecule has 1 unspecified atom stereocenters. The lowest BCUT2D eigenvalue weighted by Crippen LogP contribution is -2.27. The normalized spacial score (nSPS) is 32.2. The van der Waals surface area contributed by atoms with Crippen LogP contribution in [0.4, 0.5) is 0 Å². The fourth-order valence-corrected chi connectivity index (χ4v) is 1.15. The maximum absolute atomic E-state index is 10.6. The van der Waals surface area contributed by atoms with E-state index >= 15 is 0 Å². The molecule has 1 fully saturated rings. The van der Waals surface area contributed by atoms with Crippen LogP contribution in [0.3, 0.4) is 0 Å². The quantitative estimate of drug-likeness (QED) is 0.484. The lowest BCUT2D eigenvalue weighted by atomic mass is 10.1. The molecule has 4 nitrogen and oxygen atoms in total. The van der Waals surface area contributed by atoms with Crippen molar-refractivity contribution in [3.05, 3.63) is 0 Å². The molecule has 0 amide bonds. The van der Waals surface area contributed by atoms with Crippen molar-refractivity contribution in [2.75, 3.05) is 0 Å². The van der Waals surface area contributed by atoms with Crippen molar-refractivity contribution in [2.24, 2.45) is 0 Å². The van der Waals surface area contributed by atoms with Crippen molar-refractivity contribution in [1.29, 1.82) is 0 Å². The molecule has 5 heteroatoms. The van der Waals surface area contributed by atoms with Crippen LogP contribution in [0.1, 0.15) is 13.8 Å². The van der Waals surface area contributed by atoms with E-state index in [0.29, 0.717) is 0 Å². The Balaban J connectivity index is 2.81. The molecule has 1 rings (SSSR count). The third-order valence-electron chi connectivity index (χ3n) is 0.912. The van der Waals surface area contributed by atoms with Crippen LogP contribution in [0.5, 0.6) is 0 Å². The second-order valence-electron chi connectivity index (χ2n) is 2.17. The zero-order valence-electron chi connectivity index (χ0n) is 5.04. The van der Waals surface area contributed by atoms with Gasteiger partial charge in [0.15, 0.2) is 5.60 Å². The number of hydrogen-bond acceptors (Lipinski definition) is 4. The van der Waals surface area contributed by atoms with E-state index in [9.17, 15) is 9.00 Å². The summed E-state index contributed by atoms with van der Waals surface area (Å²) in [5.41, 5.74) is -1.04. The average Bonchev–Trinajstić information content (AvgIpc) is 1.79. The molecule has 0 N–H and O–H groups in total. The van der Waals surface area contributed by atoms with Crippen LogP contribution in [0.2, 0.25) is 0 Å². The van der Waals surface area contributed by atoms with Gasteiger partial charge in [0.25, 0.3) is 0 Å². The monoisotopic (exact) mass is 150 g/mol. The Kier molecular flexibility index (Phi) is 1.32. The molecule has 52 valence electrons. The molecular formula is C4H6O4S. The smallest absolute Gasteiger partial charge is 0.340 e. The summed E-state index contributed by atoms with van der Waals surface area (Å²) in [6, 6.07) is 0. The minimum atomic E-state index is -1.87. The first-order chi connectivity index (χ1) is 4.02. The Hall–Kier alpha value is -0.420. The molecule has 0 aromatic rings. The van der Waals surface area contributed by atoms with E-state index in [2.05, 4.69) is 8.37 Å². The highest BCUT2D eigenvalue weighted by Crippen LogP contribution is 2.21. The second-order valence-corrected chi connectivity index (χ2v) is 2.91. The van der Waals surface area contributed by atoms with E-state index in [1.54, 1.807) is 0 Å². The third-order valence-corrected chi connectivity index (χ3v) is 1.75. The molecule has 9 heavy (non-hydrogen) atoms. The van der Waals surface area contributed by atoms with Gasteiger partial charge in [-0.05, 0) is 13.8 Å². The highest BCUT2D eigenvalue weighted by atomic mass is 32.2. The van der Waals surface area contributed by atoms with Crippen LogP contribution in [0.15, 0.2) is 0 Å². The van der Waals surface area contributed by atoms with E-state index in [0.717, 1.165) is 0 Å². The van der Waals surface area contributed by atoms with E-state index in [1.807, 2.05) is 0 Å². The lowest BCUT2D eigenvalue weighted by molar-refractivity contribution is -0.140. The minimum absolute atomic E-state index is 0.583. The second kappa shape index (κ2) is 1.78. The van der Waals surface area contributed by atoms with Crippen LogP contribution >= 0.6 is 0 Å². The van der Waals surface area contributed by atoms with Gasteiger partial charge in [-0.2, -0.15) is 4.21 Å². The number of rotatable bonds is 0. The van der Waals surface area contributed by atoms with Gasteiger partial charge in [-0.1, -0.05) is 0 Å². The van der Waals surface area contributed by atoms with Crippen LogP contribution in [0.25, 0.3) is 0 Å². The van der Waals surface area contributed by atoms with Gasteiger partial charge in [0, 0.05) is 0 Å². The summed E-state index contributed by atoms with van der Waals surface area (Å²) in [6.45, 7) is 3.00. The third kappa shape index (κ3) is 1.11. The Morgan fingerprint density at radius 1 is 1.56 bits per heavy atom. The van der Waals surface area contributed by atoms with Crippen molar-refractivity contribution < 1.29 is 17.4 Å². The van der Waals surface area contributed by atoms with Gasteiger partial charge in [-0.25, -0.2) is 8.98 Å². The zero-order chi connectivity index (χ0) is 7.07. The van der Waals surface area contributed by atoms with Gasteiger partial charge in [-0.15, -0.1) is 0 Å². The molecule has 0 aromatic heterocycles. The Labute approximate surface area is 55.0 Å². The number of carbonyl (C=O) groups excluding carboxylic acids is 1. The zero-order valence-corrected chi connectivity index (χ0v) is 5.86. The molecule has 1 aliphatic heterocycles. The molecule has 0 radical (unpaired) electrons. The molecule has 0 aliphatic carbocycles. The standard InChI is InChI=1S/C4H6O4S/c1-4(2)3(5)7-9(6)8-4/h1-2H3. The fourth-order valence-electron chi connectivity index (χ4n) is 0.383. The van der Waals surface area contributed by atoms with Gasteiger partial charge in [0.2, 0.25) is 0 Å². The van der Waals surface area contributed by atoms with Crippen molar-refractivity contribution in [3.8, 4) is 0 Å². The molecule has 1 saturated heterocycles. The maximum atomic E-state index is 10.6. The summed E-state index contributed by atoms with van der Waals surface area (Å²) in [4.78, 5) is 10.6. The van der Waals surface area contributed by atoms with Crippen LogP contribution in [-0.4, -0.2) is 15.8 Å². The summed E-state index contributed by atoms with van der Waals surface area (Å²) in [6.07, 6.45) is 0. The fraction of sp³-hybridized carbons (Fsp3) is 0.750. The number of hydrogen-bond donors (Lipinski definition) is 0. The summed E-state index contributed by atoms with van der Waals surface area (Å²) in [5, 5.41) is 0. The molecule has 0 saturated carbocycles. The Morgan fingerprint density at radius 3 is 2.22 bits per heavy atom. The van der Waals surface area contributed by atoms with Crippen LogP contribution < -0.4 is 0 Å². The van der Waals surface area contributed by atoms with Crippen molar-refractivity contribution in [1.82, 2.24) is 0 Å². The summed E-state index contributed by atoms with van der Waals surface area (Å²) < 4.78 is 19.1. The summed E-state index contributed by atoms with van der Waals surface area (Å²) in [5.74, 6) is -0.583. The molecule has 1 heterocycles. The Morgan fingerprint density at radius 2 is 2.11 bits per heavy atom.